The van der Waals surface area contributed by atoms with Crippen molar-refractivity contribution in [2.75, 3.05) is 0 Å². The van der Waals surface area contributed by atoms with Crippen molar-refractivity contribution in [2.24, 2.45) is 28.6 Å². The first-order valence-corrected chi connectivity index (χ1v) is 7.13. The van der Waals surface area contributed by atoms with Crippen LogP contribution in [0.3, 0.4) is 0 Å². The van der Waals surface area contributed by atoms with Crippen LogP contribution in [0.4, 0.5) is 0 Å². The third-order valence-electron chi connectivity index (χ3n) is 6.57. The molecule has 98 valence electrons. The Morgan fingerprint density at radius 3 is 2.29 bits per heavy atom. The van der Waals surface area contributed by atoms with Gasteiger partial charge in [-0.1, -0.05) is 20.8 Å². The van der Waals surface area contributed by atoms with Crippen molar-refractivity contribution in [1.29, 1.82) is 0 Å². The van der Waals surface area contributed by atoms with Crippen LogP contribution >= 0.6 is 0 Å². The zero-order valence-corrected chi connectivity index (χ0v) is 11.5. The minimum atomic E-state index is -0.537. The van der Waals surface area contributed by atoms with Gasteiger partial charge in [-0.15, -0.1) is 0 Å². The van der Waals surface area contributed by atoms with E-state index in [1.54, 1.807) is 0 Å². The summed E-state index contributed by atoms with van der Waals surface area (Å²) in [5.74, 6) is 1.64. The molecule has 0 bridgehead atoms. The summed E-state index contributed by atoms with van der Waals surface area (Å²) in [6.07, 6.45) is 3.97. The molecule has 0 aromatic rings. The van der Waals surface area contributed by atoms with Gasteiger partial charge < -0.3 is 10.2 Å². The van der Waals surface area contributed by atoms with Gasteiger partial charge in [-0.3, -0.25) is 0 Å². The van der Waals surface area contributed by atoms with E-state index in [9.17, 15) is 10.2 Å². The van der Waals surface area contributed by atoms with E-state index in [4.69, 9.17) is 0 Å². The molecule has 3 aliphatic rings. The van der Waals surface area contributed by atoms with E-state index >= 15 is 0 Å². The Balaban J connectivity index is 2.03. The molecule has 0 aromatic carbocycles. The lowest BCUT2D eigenvalue weighted by atomic mass is 9.38. The molecule has 1 spiro atoms. The van der Waals surface area contributed by atoms with Gasteiger partial charge >= 0.3 is 0 Å². The minimum Gasteiger partial charge on any atom is -0.392 e. The monoisotopic (exact) mass is 238 g/mol. The van der Waals surface area contributed by atoms with Gasteiger partial charge in [0.15, 0.2) is 0 Å². The SMILES string of the molecule is C[C@@H]1CC[C@]23[C@H](C[C@@]2(C)O)[C@H](O)C(C)(C)C[C@@H]13. The predicted octanol–water partition coefficient (Wildman–Crippen LogP) is 2.58. The molecule has 0 amide bonds. The van der Waals surface area contributed by atoms with E-state index in [1.807, 2.05) is 6.92 Å². The standard InChI is InChI=1S/C15H26O2/c1-9-5-6-15-10(9)7-13(2,3)12(16)11(15)8-14(15,4)17/h9-12,16-17H,5-8H2,1-4H3/t9-,10+,11-,12+,14-,15+/m1/s1. The number of hydrogen-bond acceptors (Lipinski definition) is 2. The Labute approximate surface area is 104 Å². The smallest absolute Gasteiger partial charge is 0.0685 e. The first kappa shape index (κ1) is 12.0. The summed E-state index contributed by atoms with van der Waals surface area (Å²) in [5, 5.41) is 21.2. The summed E-state index contributed by atoms with van der Waals surface area (Å²) in [5.41, 5.74) is -0.486. The average Bonchev–Trinajstić information content (AvgIpc) is 2.54. The van der Waals surface area contributed by atoms with E-state index in [1.165, 1.54) is 6.42 Å². The summed E-state index contributed by atoms with van der Waals surface area (Å²) < 4.78 is 0. The van der Waals surface area contributed by atoms with E-state index in [0.717, 1.165) is 19.3 Å². The van der Waals surface area contributed by atoms with Crippen LogP contribution in [0.2, 0.25) is 0 Å². The molecule has 0 unspecified atom stereocenters. The topological polar surface area (TPSA) is 40.5 Å². The molecule has 0 heterocycles. The van der Waals surface area contributed by atoms with Gasteiger partial charge in [0.05, 0.1) is 11.7 Å². The van der Waals surface area contributed by atoms with Crippen LogP contribution in [0, 0.1) is 28.6 Å². The maximum Gasteiger partial charge on any atom is 0.0685 e. The maximum absolute atomic E-state index is 10.7. The summed E-state index contributed by atoms with van der Waals surface area (Å²) >= 11 is 0. The largest absolute Gasteiger partial charge is 0.392 e. The molecule has 0 aromatic heterocycles. The highest BCUT2D eigenvalue weighted by atomic mass is 16.3. The maximum atomic E-state index is 10.7. The van der Waals surface area contributed by atoms with Crippen LogP contribution in [0.1, 0.15) is 53.4 Å². The van der Waals surface area contributed by atoms with Crippen molar-refractivity contribution in [3.05, 3.63) is 0 Å². The number of rotatable bonds is 0. The summed E-state index contributed by atoms with van der Waals surface area (Å²) in [4.78, 5) is 0. The van der Waals surface area contributed by atoms with E-state index < -0.39 is 5.60 Å². The van der Waals surface area contributed by atoms with Gasteiger partial charge in [0.25, 0.3) is 0 Å². The predicted molar refractivity (Wildman–Crippen MR) is 67.5 cm³/mol. The van der Waals surface area contributed by atoms with Gasteiger partial charge in [0.2, 0.25) is 0 Å². The van der Waals surface area contributed by atoms with Crippen molar-refractivity contribution in [1.82, 2.24) is 0 Å². The van der Waals surface area contributed by atoms with Crippen LogP contribution in [-0.4, -0.2) is 21.9 Å². The van der Waals surface area contributed by atoms with Crippen molar-refractivity contribution < 1.29 is 10.2 Å². The second-order valence-corrected chi connectivity index (χ2v) is 7.88. The Morgan fingerprint density at radius 1 is 1.06 bits per heavy atom. The molecule has 0 saturated heterocycles. The highest BCUT2D eigenvalue weighted by molar-refractivity contribution is 5.22. The molecule has 2 nitrogen and oxygen atoms in total. The third-order valence-corrected chi connectivity index (χ3v) is 6.57. The van der Waals surface area contributed by atoms with E-state index in [0.29, 0.717) is 17.8 Å². The van der Waals surface area contributed by atoms with Crippen molar-refractivity contribution >= 4 is 0 Å². The average molecular weight is 238 g/mol. The fourth-order valence-corrected chi connectivity index (χ4v) is 5.57. The summed E-state index contributed by atoms with van der Waals surface area (Å²) in [6.45, 7) is 8.72. The van der Waals surface area contributed by atoms with Crippen molar-refractivity contribution in [2.45, 2.75) is 65.1 Å². The lowest BCUT2D eigenvalue weighted by molar-refractivity contribution is -0.289. The Kier molecular flexibility index (Phi) is 2.17. The molecule has 3 rings (SSSR count). The molecule has 0 aliphatic heterocycles. The molecular formula is C15H26O2. The molecule has 0 radical (unpaired) electrons. The fourth-order valence-electron chi connectivity index (χ4n) is 5.57. The number of aliphatic hydroxyl groups is 2. The second kappa shape index (κ2) is 3.08. The molecule has 2 heteroatoms. The molecule has 2 N–H and O–H groups in total. The van der Waals surface area contributed by atoms with Crippen LogP contribution < -0.4 is 0 Å². The number of aliphatic hydroxyl groups excluding tert-OH is 1. The van der Waals surface area contributed by atoms with Crippen LogP contribution in [0.5, 0.6) is 0 Å². The normalized spacial score (nSPS) is 60.4. The molecular weight excluding hydrogens is 212 g/mol. The lowest BCUT2D eigenvalue weighted by Crippen LogP contribution is -2.71. The summed E-state index contributed by atoms with van der Waals surface area (Å²) in [6, 6.07) is 0. The molecule has 6 atom stereocenters. The minimum absolute atomic E-state index is 0.0218. The lowest BCUT2D eigenvalue weighted by Gasteiger charge is -2.69. The first-order valence-electron chi connectivity index (χ1n) is 7.13. The van der Waals surface area contributed by atoms with Crippen LogP contribution in [0.15, 0.2) is 0 Å². The van der Waals surface area contributed by atoms with Gasteiger partial charge in [-0.25, -0.2) is 0 Å². The van der Waals surface area contributed by atoms with E-state index in [2.05, 4.69) is 20.8 Å². The zero-order valence-electron chi connectivity index (χ0n) is 11.5. The Bertz CT molecular complexity index is 347. The molecule has 3 fully saturated rings. The highest BCUT2D eigenvalue weighted by Crippen LogP contribution is 2.73. The molecule has 17 heavy (non-hydrogen) atoms. The first-order chi connectivity index (χ1) is 7.72. The van der Waals surface area contributed by atoms with Gasteiger partial charge in [0.1, 0.15) is 0 Å². The van der Waals surface area contributed by atoms with Crippen LogP contribution in [-0.2, 0) is 0 Å². The van der Waals surface area contributed by atoms with Gasteiger partial charge in [-0.2, -0.15) is 0 Å². The third kappa shape index (κ3) is 1.19. The fraction of sp³-hybridized carbons (Fsp3) is 1.00. The van der Waals surface area contributed by atoms with Gasteiger partial charge in [0, 0.05) is 5.41 Å². The highest BCUT2D eigenvalue weighted by Gasteiger charge is 2.73. The molecule has 3 saturated carbocycles. The van der Waals surface area contributed by atoms with Crippen molar-refractivity contribution in [3.8, 4) is 0 Å². The van der Waals surface area contributed by atoms with Crippen molar-refractivity contribution in [3.63, 3.8) is 0 Å². The Morgan fingerprint density at radius 2 is 1.71 bits per heavy atom. The zero-order chi connectivity index (χ0) is 12.6. The summed E-state index contributed by atoms with van der Waals surface area (Å²) in [7, 11) is 0. The quantitative estimate of drug-likeness (QED) is 0.681. The van der Waals surface area contributed by atoms with Gasteiger partial charge in [-0.05, 0) is 55.8 Å². The second-order valence-electron chi connectivity index (χ2n) is 7.88. The Hall–Kier alpha value is -0.0800. The molecule has 3 aliphatic carbocycles. The van der Waals surface area contributed by atoms with E-state index in [-0.39, 0.29) is 16.9 Å². The number of hydrogen-bond donors (Lipinski definition) is 2. The van der Waals surface area contributed by atoms with Crippen LogP contribution in [0.25, 0.3) is 0 Å².